The van der Waals surface area contributed by atoms with Crippen molar-refractivity contribution >= 4 is 6.29 Å². The molecule has 0 saturated carbocycles. The largest absolute Gasteiger partial charge is 0.496 e. The second-order valence-electron chi connectivity index (χ2n) is 6.62. The first-order chi connectivity index (χ1) is 11.2. The summed E-state index contributed by atoms with van der Waals surface area (Å²) in [5.74, 6) is 1.59. The molecule has 2 fully saturated rings. The lowest BCUT2D eigenvalue weighted by atomic mass is 9.88. The molecule has 23 heavy (non-hydrogen) atoms. The molecule has 2 N–H and O–H groups in total. The van der Waals surface area contributed by atoms with Gasteiger partial charge in [0, 0.05) is 19.1 Å². The van der Waals surface area contributed by atoms with E-state index in [2.05, 4.69) is 28.0 Å². The van der Waals surface area contributed by atoms with Crippen LogP contribution in [0.1, 0.15) is 30.7 Å². The number of carbonyl (C=O) groups is 1. The van der Waals surface area contributed by atoms with Gasteiger partial charge in [0.05, 0.1) is 7.11 Å². The maximum Gasteiger partial charge on any atom is 0.151 e. The zero-order chi connectivity index (χ0) is 16.2. The van der Waals surface area contributed by atoms with Gasteiger partial charge in [-0.05, 0) is 49.9 Å². The van der Waals surface area contributed by atoms with Crippen molar-refractivity contribution in [1.82, 2.24) is 9.80 Å². The van der Waals surface area contributed by atoms with Crippen LogP contribution in [0.15, 0.2) is 24.3 Å². The number of ether oxygens (including phenoxy) is 1. The molecule has 2 heterocycles. The Balaban J connectivity index is 1.56. The van der Waals surface area contributed by atoms with Crippen LogP contribution >= 0.6 is 0 Å². The first-order valence-corrected chi connectivity index (χ1v) is 8.55. The van der Waals surface area contributed by atoms with Gasteiger partial charge >= 0.3 is 0 Å². The van der Waals surface area contributed by atoms with Crippen molar-refractivity contribution in [2.75, 3.05) is 33.3 Å². The molecule has 3 rings (SSSR count). The minimum absolute atomic E-state index is 0.439. The van der Waals surface area contributed by atoms with Gasteiger partial charge in [0.1, 0.15) is 11.9 Å². The Bertz CT molecular complexity index is 529. The number of rotatable bonds is 5. The number of benzene rings is 1. The smallest absolute Gasteiger partial charge is 0.151 e. The van der Waals surface area contributed by atoms with E-state index in [-0.39, 0.29) is 0 Å². The van der Waals surface area contributed by atoms with E-state index in [1.54, 1.807) is 7.11 Å². The highest BCUT2D eigenvalue weighted by molar-refractivity contribution is 5.56. The fourth-order valence-electron chi connectivity index (χ4n) is 4.00. The molecule has 2 aliphatic heterocycles. The van der Waals surface area contributed by atoms with Gasteiger partial charge in [-0.15, -0.1) is 0 Å². The molecule has 0 aliphatic carbocycles. The van der Waals surface area contributed by atoms with Gasteiger partial charge in [0.15, 0.2) is 6.29 Å². The molecule has 5 nitrogen and oxygen atoms in total. The number of methoxy groups -OCH3 is 1. The van der Waals surface area contributed by atoms with Gasteiger partial charge < -0.3 is 15.3 Å². The van der Waals surface area contributed by atoms with Gasteiger partial charge in [-0.2, -0.15) is 0 Å². The Morgan fingerprint density at radius 1 is 1.22 bits per heavy atom. The van der Waals surface area contributed by atoms with E-state index in [1.165, 1.54) is 5.56 Å². The van der Waals surface area contributed by atoms with E-state index in [9.17, 15) is 4.79 Å². The van der Waals surface area contributed by atoms with E-state index in [0.29, 0.717) is 12.0 Å². The van der Waals surface area contributed by atoms with E-state index >= 15 is 0 Å². The van der Waals surface area contributed by atoms with Crippen LogP contribution < -0.4 is 10.5 Å². The molecule has 0 bridgehead atoms. The summed E-state index contributed by atoms with van der Waals surface area (Å²) in [5.41, 5.74) is 7.16. The number of aldehydes is 1. The molecule has 1 aromatic carbocycles. The number of para-hydroxylation sites is 1. The van der Waals surface area contributed by atoms with Crippen LogP contribution in [-0.4, -0.2) is 61.6 Å². The summed E-state index contributed by atoms with van der Waals surface area (Å²) in [6, 6.07) is 8.91. The number of hydrogen-bond acceptors (Lipinski definition) is 5. The van der Waals surface area contributed by atoms with Gasteiger partial charge in [0.2, 0.25) is 0 Å². The number of piperidine rings is 1. The number of carbonyl (C=O) groups excluding carboxylic acids is 1. The third-order valence-electron chi connectivity index (χ3n) is 5.38. The van der Waals surface area contributed by atoms with Crippen molar-refractivity contribution in [3.05, 3.63) is 29.8 Å². The lowest BCUT2D eigenvalue weighted by Crippen LogP contribution is -2.46. The highest BCUT2D eigenvalue weighted by Gasteiger charge is 2.33. The Kier molecular flexibility index (Phi) is 5.30. The highest BCUT2D eigenvalue weighted by atomic mass is 16.5. The molecule has 5 heteroatoms. The van der Waals surface area contributed by atoms with Gasteiger partial charge in [-0.1, -0.05) is 18.2 Å². The van der Waals surface area contributed by atoms with Crippen molar-refractivity contribution in [1.29, 1.82) is 0 Å². The molecule has 1 aromatic rings. The first-order valence-electron chi connectivity index (χ1n) is 8.55. The first kappa shape index (κ1) is 16.4. The summed E-state index contributed by atoms with van der Waals surface area (Å²) < 4.78 is 5.51. The maximum absolute atomic E-state index is 10.8. The molecule has 0 spiro atoms. The zero-order valence-electron chi connectivity index (χ0n) is 13.9. The van der Waals surface area contributed by atoms with Gasteiger partial charge in [-0.3, -0.25) is 9.80 Å². The molecule has 126 valence electrons. The van der Waals surface area contributed by atoms with Crippen LogP contribution in [0.25, 0.3) is 0 Å². The fraction of sp³-hybridized carbons (Fsp3) is 0.611. The van der Waals surface area contributed by atoms with Crippen LogP contribution in [0.2, 0.25) is 0 Å². The fourth-order valence-corrected chi connectivity index (χ4v) is 4.00. The second kappa shape index (κ2) is 7.43. The monoisotopic (exact) mass is 317 g/mol. The second-order valence-corrected chi connectivity index (χ2v) is 6.62. The molecule has 0 radical (unpaired) electrons. The topological polar surface area (TPSA) is 58.8 Å². The van der Waals surface area contributed by atoms with Crippen LogP contribution in [0.5, 0.6) is 5.75 Å². The average molecular weight is 317 g/mol. The average Bonchev–Trinajstić information content (AvgIpc) is 3.11. The van der Waals surface area contributed by atoms with Crippen molar-refractivity contribution < 1.29 is 9.53 Å². The molecule has 0 amide bonds. The summed E-state index contributed by atoms with van der Waals surface area (Å²) >= 11 is 0. The lowest BCUT2D eigenvalue weighted by molar-refractivity contribution is -0.112. The Labute approximate surface area is 138 Å². The number of likely N-dealkylation sites (tertiary alicyclic amines) is 2. The summed E-state index contributed by atoms with van der Waals surface area (Å²) in [5, 5.41) is 0. The molecular formula is C18H27N3O2. The minimum atomic E-state index is -0.439. The maximum atomic E-state index is 10.8. The minimum Gasteiger partial charge on any atom is -0.496 e. The summed E-state index contributed by atoms with van der Waals surface area (Å²) in [4.78, 5) is 15.5. The third kappa shape index (κ3) is 3.57. The highest BCUT2D eigenvalue weighted by Crippen LogP contribution is 2.35. The summed E-state index contributed by atoms with van der Waals surface area (Å²) in [6.07, 6.45) is 3.84. The van der Waals surface area contributed by atoms with Gasteiger partial charge in [-0.25, -0.2) is 0 Å². The Morgan fingerprint density at radius 2 is 1.96 bits per heavy atom. The number of hydrogen-bond donors (Lipinski definition) is 1. The van der Waals surface area contributed by atoms with Crippen LogP contribution in [0.4, 0.5) is 0 Å². The van der Waals surface area contributed by atoms with Crippen molar-refractivity contribution in [2.45, 2.75) is 37.4 Å². The normalized spacial score (nSPS) is 25.4. The predicted molar refractivity (Wildman–Crippen MR) is 90.6 cm³/mol. The Morgan fingerprint density at radius 3 is 2.65 bits per heavy atom. The summed E-state index contributed by atoms with van der Waals surface area (Å²) in [7, 11) is 1.75. The summed E-state index contributed by atoms with van der Waals surface area (Å²) in [6.45, 7) is 4.06. The van der Waals surface area contributed by atoms with Crippen LogP contribution in [0, 0.1) is 0 Å². The van der Waals surface area contributed by atoms with Crippen LogP contribution in [-0.2, 0) is 4.79 Å². The zero-order valence-corrected chi connectivity index (χ0v) is 13.9. The molecule has 2 aliphatic rings. The lowest BCUT2D eigenvalue weighted by Gasteiger charge is -2.36. The molecule has 2 unspecified atom stereocenters. The van der Waals surface area contributed by atoms with Crippen LogP contribution in [0.3, 0.4) is 0 Å². The molecule has 2 atom stereocenters. The standard InChI is InChI=1S/C18H27N3O2/c1-23-17-5-3-2-4-16(17)14-6-9-20(10-7-14)15-8-11-21(12-15)18(19)13-22/h2-5,13-15,18H,6-12,19H2,1H3. The predicted octanol–water partition coefficient (Wildman–Crippen LogP) is 1.43. The van der Waals surface area contributed by atoms with Crippen molar-refractivity contribution in [2.24, 2.45) is 5.73 Å². The van der Waals surface area contributed by atoms with Gasteiger partial charge in [0.25, 0.3) is 0 Å². The number of nitrogens with two attached hydrogens (primary N) is 1. The quantitative estimate of drug-likeness (QED) is 0.833. The third-order valence-corrected chi connectivity index (χ3v) is 5.38. The van der Waals surface area contributed by atoms with E-state index in [0.717, 1.165) is 57.5 Å². The van der Waals surface area contributed by atoms with E-state index in [4.69, 9.17) is 10.5 Å². The molecule has 0 aromatic heterocycles. The SMILES string of the molecule is COc1ccccc1C1CCN(C2CCN(C(N)C=O)C2)CC1. The van der Waals surface area contributed by atoms with Crippen molar-refractivity contribution in [3.8, 4) is 5.75 Å². The Hall–Kier alpha value is -1.43. The molecular weight excluding hydrogens is 290 g/mol. The van der Waals surface area contributed by atoms with E-state index in [1.807, 2.05) is 6.07 Å². The molecule has 2 saturated heterocycles. The van der Waals surface area contributed by atoms with E-state index < -0.39 is 6.17 Å². The van der Waals surface area contributed by atoms with Crippen molar-refractivity contribution in [3.63, 3.8) is 0 Å². The number of nitrogens with zero attached hydrogens (tertiary/aromatic N) is 2.